The van der Waals surface area contributed by atoms with Gasteiger partial charge in [-0.1, -0.05) is 13.3 Å². The van der Waals surface area contributed by atoms with Crippen molar-refractivity contribution in [2.24, 2.45) is 0 Å². The molecule has 0 bridgehead atoms. The molecule has 0 fully saturated rings. The Morgan fingerprint density at radius 1 is 1.30 bits per heavy atom. The van der Waals surface area contributed by atoms with Crippen LogP contribution in [0.1, 0.15) is 19.8 Å². The molecule has 0 rings (SSSR count). The fraction of sp³-hybridized carbons (Fsp3) is 1.00. The lowest BCUT2D eigenvalue weighted by Crippen LogP contribution is -2.09. The minimum atomic E-state index is -3.94. The number of unbranched alkanes of at least 4 members (excludes halogenated alkanes) is 1. The molecule has 0 aliphatic carbocycles. The summed E-state index contributed by atoms with van der Waals surface area (Å²) < 4.78 is 34.5. The summed E-state index contributed by atoms with van der Waals surface area (Å²) in [7, 11) is 0.0654. The number of rotatable bonds is 4. The summed E-state index contributed by atoms with van der Waals surface area (Å²) in [6, 6.07) is 0. The Morgan fingerprint density at radius 3 is 2.30 bits per heavy atom. The Kier molecular flexibility index (Phi) is 5.06. The van der Waals surface area contributed by atoms with E-state index in [0.29, 0.717) is 0 Å². The third-order valence-electron chi connectivity index (χ3n) is 1.03. The third kappa shape index (κ3) is 8.22. The molecule has 0 N–H and O–H groups in total. The molecule has 0 aromatic heterocycles. The van der Waals surface area contributed by atoms with E-state index in [-0.39, 0.29) is 8.58 Å². The van der Waals surface area contributed by atoms with E-state index in [1.807, 2.05) is 6.92 Å². The van der Waals surface area contributed by atoms with Crippen LogP contribution in [0.15, 0.2) is 0 Å². The molecule has 0 aliphatic rings. The first-order valence-corrected chi connectivity index (χ1v) is 4.75. The molecule has 1 unspecified atom stereocenters. The molecule has 0 radical (unpaired) electrons. The van der Waals surface area contributed by atoms with Crippen LogP contribution in [0, 0.1) is 0 Å². The highest BCUT2D eigenvalue weighted by molar-refractivity contribution is 7.38. The van der Waals surface area contributed by atoms with Gasteiger partial charge in [0.1, 0.15) is 0 Å². The van der Waals surface area contributed by atoms with Crippen molar-refractivity contribution in [3.63, 3.8) is 0 Å². The molecule has 4 heteroatoms. The van der Waals surface area contributed by atoms with Crippen molar-refractivity contribution in [1.82, 2.24) is 0 Å². The van der Waals surface area contributed by atoms with Gasteiger partial charge in [0.25, 0.3) is 0 Å². The van der Waals surface area contributed by atoms with Crippen molar-refractivity contribution in [3.05, 3.63) is 0 Å². The van der Waals surface area contributed by atoms with Gasteiger partial charge in [0.15, 0.2) is 0 Å². The van der Waals surface area contributed by atoms with Crippen LogP contribution in [0.4, 0.5) is 13.2 Å². The molecule has 1 atom stereocenters. The van der Waals surface area contributed by atoms with Crippen LogP contribution in [-0.2, 0) is 0 Å². The molecule has 0 saturated carbocycles. The van der Waals surface area contributed by atoms with E-state index in [0.717, 1.165) is 19.0 Å². The summed E-state index contributed by atoms with van der Waals surface area (Å²) in [6.45, 7) is 1.98. The smallest absolute Gasteiger partial charge is 0.171 e. The maximum atomic E-state index is 11.5. The number of halogens is 3. The summed E-state index contributed by atoms with van der Waals surface area (Å²) in [5.41, 5.74) is 0. The second-order valence-electron chi connectivity index (χ2n) is 2.15. The molecule has 0 aliphatic heterocycles. The lowest BCUT2D eigenvalue weighted by Gasteiger charge is -2.04. The fourth-order valence-corrected chi connectivity index (χ4v) is 1.60. The lowest BCUT2D eigenvalue weighted by molar-refractivity contribution is -0.105. The van der Waals surface area contributed by atoms with Gasteiger partial charge in [-0.05, 0) is 12.6 Å². The molecular weight excluding hydrogens is 160 g/mol. The summed E-state index contributed by atoms with van der Waals surface area (Å²) >= 11 is 0. The van der Waals surface area contributed by atoms with Gasteiger partial charge in [0.05, 0.1) is 6.16 Å². The van der Waals surface area contributed by atoms with Crippen molar-refractivity contribution in [1.29, 1.82) is 0 Å². The quantitative estimate of drug-likeness (QED) is 0.451. The standard InChI is InChI=1S/C6H12F3P/c1-2-3-4-10-5-6(7,8)9/h10H,2-5H2,1H3. The van der Waals surface area contributed by atoms with Gasteiger partial charge in [-0.2, -0.15) is 13.2 Å². The number of alkyl halides is 3. The Hall–Kier alpha value is 0.220. The zero-order chi connectivity index (χ0) is 8.04. The first-order valence-electron chi connectivity index (χ1n) is 3.33. The van der Waals surface area contributed by atoms with Crippen molar-refractivity contribution < 1.29 is 13.2 Å². The van der Waals surface area contributed by atoms with Crippen LogP contribution < -0.4 is 0 Å². The van der Waals surface area contributed by atoms with Gasteiger partial charge in [0, 0.05) is 0 Å². The third-order valence-corrected chi connectivity index (χ3v) is 2.39. The molecule has 0 saturated heterocycles. The minimum Gasteiger partial charge on any atom is -0.171 e. The van der Waals surface area contributed by atoms with Gasteiger partial charge in [-0.3, -0.25) is 0 Å². The average molecular weight is 172 g/mol. The molecule has 0 amide bonds. The highest BCUT2D eigenvalue weighted by Crippen LogP contribution is 2.25. The van der Waals surface area contributed by atoms with Gasteiger partial charge in [-0.25, -0.2) is 0 Å². The van der Waals surface area contributed by atoms with Crippen LogP contribution in [0.3, 0.4) is 0 Å². The van der Waals surface area contributed by atoms with Crippen LogP contribution in [0.5, 0.6) is 0 Å². The fourth-order valence-electron chi connectivity index (χ4n) is 0.532. The molecule has 62 valence electrons. The zero-order valence-corrected chi connectivity index (χ0v) is 6.96. The Labute approximate surface area is 61.0 Å². The maximum Gasteiger partial charge on any atom is 0.392 e. The van der Waals surface area contributed by atoms with Crippen molar-refractivity contribution in [2.45, 2.75) is 25.9 Å². The van der Waals surface area contributed by atoms with Gasteiger partial charge >= 0.3 is 6.18 Å². The summed E-state index contributed by atoms with van der Waals surface area (Å²) in [4.78, 5) is 0. The summed E-state index contributed by atoms with van der Waals surface area (Å²) in [5, 5.41) is 0. The topological polar surface area (TPSA) is 0 Å². The average Bonchev–Trinajstić information content (AvgIpc) is 1.78. The van der Waals surface area contributed by atoms with Crippen LogP contribution >= 0.6 is 8.58 Å². The summed E-state index contributed by atoms with van der Waals surface area (Å²) in [6.07, 6.45) is -1.88. The second-order valence-corrected chi connectivity index (χ2v) is 3.50. The van der Waals surface area contributed by atoms with E-state index in [4.69, 9.17) is 0 Å². The largest absolute Gasteiger partial charge is 0.392 e. The first kappa shape index (κ1) is 10.2. The van der Waals surface area contributed by atoms with E-state index < -0.39 is 12.3 Å². The van der Waals surface area contributed by atoms with Gasteiger partial charge < -0.3 is 0 Å². The van der Waals surface area contributed by atoms with E-state index in [1.165, 1.54) is 0 Å². The monoisotopic (exact) mass is 172 g/mol. The molecule has 0 heterocycles. The van der Waals surface area contributed by atoms with Crippen LogP contribution in [0.2, 0.25) is 0 Å². The highest BCUT2D eigenvalue weighted by Gasteiger charge is 2.25. The van der Waals surface area contributed by atoms with Crippen molar-refractivity contribution in [2.75, 3.05) is 12.3 Å². The Bertz CT molecular complexity index is 79.6. The molecule has 10 heavy (non-hydrogen) atoms. The lowest BCUT2D eigenvalue weighted by atomic mass is 10.4. The van der Waals surface area contributed by atoms with E-state index in [9.17, 15) is 13.2 Å². The van der Waals surface area contributed by atoms with Crippen molar-refractivity contribution in [3.8, 4) is 0 Å². The maximum absolute atomic E-state index is 11.5. The number of hydrogen-bond donors (Lipinski definition) is 0. The molecule has 0 aromatic carbocycles. The SMILES string of the molecule is CCCCPCC(F)(F)F. The van der Waals surface area contributed by atoms with Gasteiger partial charge in [0.2, 0.25) is 0 Å². The van der Waals surface area contributed by atoms with Crippen LogP contribution in [-0.4, -0.2) is 18.5 Å². The Balaban J connectivity index is 3.04. The highest BCUT2D eigenvalue weighted by atomic mass is 31.1. The normalized spacial score (nSPS) is 13.2. The van der Waals surface area contributed by atoms with Crippen molar-refractivity contribution >= 4 is 8.58 Å². The van der Waals surface area contributed by atoms with E-state index in [1.54, 1.807) is 0 Å². The van der Waals surface area contributed by atoms with E-state index in [2.05, 4.69) is 0 Å². The molecule has 0 spiro atoms. The molecule has 0 aromatic rings. The van der Waals surface area contributed by atoms with Gasteiger partial charge in [-0.15, -0.1) is 8.58 Å². The minimum absolute atomic E-state index is 0.0654. The van der Waals surface area contributed by atoms with Crippen LogP contribution in [0.25, 0.3) is 0 Å². The predicted octanol–water partition coefficient (Wildman–Crippen LogP) is 3.03. The second kappa shape index (κ2) is 4.95. The zero-order valence-electron chi connectivity index (χ0n) is 5.96. The first-order chi connectivity index (χ1) is 4.56. The molecule has 0 nitrogen and oxygen atoms in total. The number of hydrogen-bond acceptors (Lipinski definition) is 0. The summed E-state index contributed by atoms with van der Waals surface area (Å²) in [5.74, 6) is 0. The molecular formula is C6H12F3P. The predicted molar refractivity (Wildman–Crippen MR) is 39.0 cm³/mol. The van der Waals surface area contributed by atoms with E-state index >= 15 is 0 Å². The Morgan fingerprint density at radius 2 is 1.90 bits per heavy atom.